The van der Waals surface area contributed by atoms with Crippen molar-refractivity contribution >= 4 is 25.1 Å². The molecule has 1 nitrogen and oxygen atoms in total. The Hall–Kier alpha value is -1.46. The summed E-state index contributed by atoms with van der Waals surface area (Å²) in [6.45, 7) is 9.16. The molecule has 2 fully saturated rings. The largest absolute Gasteiger partial charge is 0.256 e. The molecule has 0 amide bonds. The smallest absolute Gasteiger partial charge is 0.0699 e. The van der Waals surface area contributed by atoms with Crippen LogP contribution in [0.1, 0.15) is 120 Å². The molecule has 0 spiro atoms. The summed E-state index contributed by atoms with van der Waals surface area (Å²) in [6.07, 6.45) is 16.6. The maximum absolute atomic E-state index is 5.24. The maximum atomic E-state index is 5.24. The van der Waals surface area contributed by atoms with Gasteiger partial charge in [-0.3, -0.25) is 4.99 Å². The molecule has 0 aliphatic heterocycles. The molecule has 2 saturated carbocycles. The zero-order chi connectivity index (χ0) is 23.2. The van der Waals surface area contributed by atoms with E-state index in [4.69, 9.17) is 4.99 Å². The van der Waals surface area contributed by atoms with E-state index in [-0.39, 0.29) is 7.92 Å². The predicted molar refractivity (Wildman–Crippen MR) is 149 cm³/mol. The first kappa shape index (κ1) is 24.7. The minimum atomic E-state index is -0.125. The first-order valence-corrected chi connectivity index (χ1v) is 15.1. The van der Waals surface area contributed by atoms with Crippen LogP contribution in [0.15, 0.2) is 47.5 Å². The van der Waals surface area contributed by atoms with Gasteiger partial charge >= 0.3 is 0 Å². The van der Waals surface area contributed by atoms with Gasteiger partial charge in [0, 0.05) is 11.8 Å². The standard InChI is InChI=1S/C31H44NP/c1-23(2)28-19-13-20-29(24(3)4)31(28)32-22-25-14-11-12-21-30(25)33(26-15-7-5-8-16-26)27-17-9-6-10-18-27/h11-14,19-24,26-27H,5-10,15-18H2,1-4H3. The summed E-state index contributed by atoms with van der Waals surface area (Å²) in [5, 5.41) is 1.64. The van der Waals surface area contributed by atoms with E-state index in [1.807, 2.05) is 0 Å². The molecule has 0 bridgehead atoms. The normalized spacial score (nSPS) is 18.8. The Bertz CT molecular complexity index is 872. The van der Waals surface area contributed by atoms with Gasteiger partial charge in [-0.1, -0.05) is 117 Å². The van der Waals surface area contributed by atoms with Crippen LogP contribution in [0.2, 0.25) is 0 Å². The molecule has 0 heterocycles. The lowest BCUT2D eigenvalue weighted by Gasteiger charge is -2.39. The molecule has 0 N–H and O–H groups in total. The molecule has 0 radical (unpaired) electrons. The number of hydrogen-bond acceptors (Lipinski definition) is 1. The van der Waals surface area contributed by atoms with Crippen LogP contribution in [0.3, 0.4) is 0 Å². The maximum Gasteiger partial charge on any atom is 0.0699 e. The zero-order valence-corrected chi connectivity index (χ0v) is 22.3. The van der Waals surface area contributed by atoms with Crippen LogP contribution in [0.4, 0.5) is 5.69 Å². The summed E-state index contributed by atoms with van der Waals surface area (Å²) >= 11 is 0. The Morgan fingerprint density at radius 3 is 1.73 bits per heavy atom. The van der Waals surface area contributed by atoms with Crippen LogP contribution >= 0.6 is 7.92 Å². The van der Waals surface area contributed by atoms with Gasteiger partial charge in [-0.2, -0.15) is 0 Å². The Balaban J connectivity index is 1.73. The summed E-state index contributed by atoms with van der Waals surface area (Å²) in [4.78, 5) is 5.24. The van der Waals surface area contributed by atoms with Crippen LogP contribution < -0.4 is 5.30 Å². The number of benzene rings is 2. The number of rotatable bonds is 7. The average molecular weight is 462 g/mol. The van der Waals surface area contributed by atoms with Gasteiger partial charge in [0.25, 0.3) is 0 Å². The van der Waals surface area contributed by atoms with Crippen molar-refractivity contribution in [3.05, 3.63) is 59.2 Å². The summed E-state index contributed by atoms with van der Waals surface area (Å²) in [5.74, 6) is 0.959. The van der Waals surface area contributed by atoms with Gasteiger partial charge in [0.15, 0.2) is 0 Å². The molecule has 178 valence electrons. The van der Waals surface area contributed by atoms with E-state index in [1.54, 1.807) is 5.30 Å². The highest BCUT2D eigenvalue weighted by Gasteiger charge is 2.33. The van der Waals surface area contributed by atoms with Crippen LogP contribution in [0.5, 0.6) is 0 Å². The van der Waals surface area contributed by atoms with Gasteiger partial charge in [-0.15, -0.1) is 0 Å². The van der Waals surface area contributed by atoms with Crippen molar-refractivity contribution in [2.75, 3.05) is 0 Å². The van der Waals surface area contributed by atoms with Gasteiger partial charge < -0.3 is 0 Å². The second-order valence-electron chi connectivity index (χ2n) is 10.9. The predicted octanol–water partition coefficient (Wildman–Crippen LogP) is 9.46. The van der Waals surface area contributed by atoms with Crippen molar-refractivity contribution in [2.45, 2.75) is 115 Å². The summed E-state index contributed by atoms with van der Waals surface area (Å²) < 4.78 is 0. The van der Waals surface area contributed by atoms with E-state index in [0.29, 0.717) is 11.8 Å². The van der Waals surface area contributed by atoms with Gasteiger partial charge in [0.1, 0.15) is 0 Å². The van der Waals surface area contributed by atoms with Crippen LogP contribution in [0.25, 0.3) is 0 Å². The molecule has 2 heteroatoms. The van der Waals surface area contributed by atoms with Crippen molar-refractivity contribution in [2.24, 2.45) is 4.99 Å². The van der Waals surface area contributed by atoms with E-state index in [9.17, 15) is 0 Å². The Labute approximate surface area is 204 Å². The lowest BCUT2D eigenvalue weighted by atomic mass is 9.93. The van der Waals surface area contributed by atoms with E-state index in [1.165, 1.54) is 86.6 Å². The lowest BCUT2D eigenvalue weighted by molar-refractivity contribution is 0.487. The van der Waals surface area contributed by atoms with Crippen molar-refractivity contribution in [3.63, 3.8) is 0 Å². The monoisotopic (exact) mass is 461 g/mol. The Kier molecular flexibility index (Phi) is 8.81. The van der Waals surface area contributed by atoms with Gasteiger partial charge in [-0.25, -0.2) is 0 Å². The third-order valence-corrected chi connectivity index (χ3v) is 11.4. The van der Waals surface area contributed by atoms with Gasteiger partial charge in [-0.05, 0) is 65.3 Å². The molecule has 4 rings (SSSR count). The quantitative estimate of drug-likeness (QED) is 0.287. The third kappa shape index (κ3) is 5.97. The highest BCUT2D eigenvalue weighted by Crippen LogP contribution is 2.55. The first-order chi connectivity index (χ1) is 16.1. The average Bonchev–Trinajstić information content (AvgIpc) is 2.84. The van der Waals surface area contributed by atoms with E-state index in [2.05, 4.69) is 76.4 Å². The van der Waals surface area contributed by atoms with E-state index >= 15 is 0 Å². The number of aliphatic imine (C=N–C) groups is 1. The molecule has 2 aliphatic rings. The molecule has 0 aromatic heterocycles. The topological polar surface area (TPSA) is 12.4 Å². The minimum Gasteiger partial charge on any atom is -0.256 e. The Morgan fingerprint density at radius 2 is 1.21 bits per heavy atom. The molecular formula is C31H44NP. The fraction of sp³-hybridized carbons (Fsp3) is 0.581. The van der Waals surface area contributed by atoms with Crippen molar-refractivity contribution < 1.29 is 0 Å². The van der Waals surface area contributed by atoms with Crippen LogP contribution in [0, 0.1) is 0 Å². The summed E-state index contributed by atoms with van der Waals surface area (Å²) in [7, 11) is -0.125. The molecule has 2 aliphatic carbocycles. The van der Waals surface area contributed by atoms with Crippen molar-refractivity contribution in [1.29, 1.82) is 0 Å². The summed E-state index contributed by atoms with van der Waals surface area (Å²) in [6, 6.07) is 16.1. The number of para-hydroxylation sites is 1. The van der Waals surface area contributed by atoms with Gasteiger partial charge in [0.2, 0.25) is 0 Å². The SMILES string of the molecule is CC(C)c1cccc(C(C)C)c1N=Cc1ccccc1P(C1CCCCC1)C1CCCCC1. The number of nitrogens with zero attached hydrogens (tertiary/aromatic N) is 1. The van der Waals surface area contributed by atoms with Crippen molar-refractivity contribution in [3.8, 4) is 0 Å². The van der Waals surface area contributed by atoms with Crippen LogP contribution in [-0.2, 0) is 0 Å². The lowest BCUT2D eigenvalue weighted by Crippen LogP contribution is -2.27. The first-order valence-electron chi connectivity index (χ1n) is 13.6. The van der Waals surface area contributed by atoms with Gasteiger partial charge in [0.05, 0.1) is 5.69 Å². The van der Waals surface area contributed by atoms with E-state index in [0.717, 1.165) is 11.3 Å². The third-order valence-electron chi connectivity index (χ3n) is 7.83. The van der Waals surface area contributed by atoms with Crippen molar-refractivity contribution in [1.82, 2.24) is 0 Å². The molecule has 0 saturated heterocycles. The molecular weight excluding hydrogens is 417 g/mol. The molecule has 33 heavy (non-hydrogen) atoms. The second-order valence-corrected chi connectivity index (χ2v) is 13.7. The highest BCUT2D eigenvalue weighted by molar-refractivity contribution is 7.67. The fourth-order valence-electron chi connectivity index (χ4n) is 6.04. The fourth-order valence-corrected chi connectivity index (χ4v) is 9.95. The zero-order valence-electron chi connectivity index (χ0n) is 21.4. The summed E-state index contributed by atoms with van der Waals surface area (Å²) in [5.41, 5.74) is 7.17. The number of hydrogen-bond donors (Lipinski definition) is 0. The molecule has 0 unspecified atom stereocenters. The second kappa shape index (κ2) is 11.8. The molecule has 0 atom stereocenters. The highest BCUT2D eigenvalue weighted by atomic mass is 31.1. The van der Waals surface area contributed by atoms with E-state index < -0.39 is 0 Å². The molecule has 2 aromatic carbocycles. The molecule has 2 aromatic rings. The minimum absolute atomic E-state index is 0.125. The van der Waals surface area contributed by atoms with Crippen LogP contribution in [-0.4, -0.2) is 17.5 Å². The Morgan fingerprint density at radius 1 is 0.697 bits per heavy atom.